The van der Waals surface area contributed by atoms with Crippen LogP contribution in [-0.2, 0) is 9.53 Å². The molecule has 5 heteroatoms. The lowest BCUT2D eigenvalue weighted by Crippen LogP contribution is -2.35. The lowest BCUT2D eigenvalue weighted by atomic mass is 10.1. The second-order valence-corrected chi connectivity index (χ2v) is 6.37. The zero-order valence-corrected chi connectivity index (χ0v) is 13.3. The van der Waals surface area contributed by atoms with Crippen molar-refractivity contribution < 1.29 is 9.53 Å². The Morgan fingerprint density at radius 3 is 2.90 bits per heavy atom. The molecule has 2 atom stereocenters. The third-order valence-corrected chi connectivity index (χ3v) is 4.49. The molecule has 0 radical (unpaired) electrons. The summed E-state index contributed by atoms with van der Waals surface area (Å²) in [6.45, 7) is 8.36. The van der Waals surface area contributed by atoms with Gasteiger partial charge in [0.2, 0.25) is 5.91 Å². The summed E-state index contributed by atoms with van der Waals surface area (Å²) in [4.78, 5) is 15.7. The highest BCUT2D eigenvalue weighted by Crippen LogP contribution is 2.30. The van der Waals surface area contributed by atoms with E-state index in [2.05, 4.69) is 30.6 Å². The molecule has 0 bridgehead atoms. The van der Waals surface area contributed by atoms with Crippen LogP contribution in [0.3, 0.4) is 0 Å². The Morgan fingerprint density at radius 1 is 1.50 bits per heavy atom. The number of nitrogens with one attached hydrogen (secondary N) is 1. The van der Waals surface area contributed by atoms with Crippen molar-refractivity contribution in [3.63, 3.8) is 0 Å². The van der Waals surface area contributed by atoms with E-state index in [1.54, 1.807) is 11.3 Å². The van der Waals surface area contributed by atoms with Crippen molar-refractivity contribution in [1.29, 1.82) is 0 Å². The molecular weight excluding hydrogens is 272 g/mol. The molecule has 20 heavy (non-hydrogen) atoms. The Morgan fingerprint density at radius 2 is 2.30 bits per heavy atom. The zero-order chi connectivity index (χ0) is 14.5. The summed E-state index contributed by atoms with van der Waals surface area (Å²) in [5.41, 5.74) is 0. The van der Waals surface area contributed by atoms with Crippen molar-refractivity contribution in [3.05, 3.63) is 22.4 Å². The Bertz CT molecular complexity index is 420. The van der Waals surface area contributed by atoms with Crippen molar-refractivity contribution in [2.45, 2.75) is 39.4 Å². The van der Waals surface area contributed by atoms with Crippen LogP contribution in [0.25, 0.3) is 0 Å². The fraction of sp³-hybridized carbons (Fsp3) is 0.667. The predicted molar refractivity (Wildman–Crippen MR) is 81.6 cm³/mol. The summed E-state index contributed by atoms with van der Waals surface area (Å²) in [7, 11) is 0. The molecule has 0 spiro atoms. The van der Waals surface area contributed by atoms with Gasteiger partial charge in [0.05, 0.1) is 6.04 Å². The average molecular weight is 296 g/mol. The zero-order valence-electron chi connectivity index (χ0n) is 12.5. The molecule has 2 unspecified atom stereocenters. The number of carbonyl (C=O) groups is 1. The Balaban J connectivity index is 2.05. The first-order chi connectivity index (χ1) is 9.65. The average Bonchev–Trinajstić information content (AvgIpc) is 3.03. The van der Waals surface area contributed by atoms with Crippen LogP contribution in [0.1, 0.15) is 38.2 Å². The van der Waals surface area contributed by atoms with Gasteiger partial charge in [-0.1, -0.05) is 19.9 Å². The summed E-state index contributed by atoms with van der Waals surface area (Å²) in [6.07, 6.45) is 0.907. The summed E-state index contributed by atoms with van der Waals surface area (Å²) in [6, 6.07) is 4.05. The molecule has 1 aliphatic rings. The van der Waals surface area contributed by atoms with E-state index in [1.807, 2.05) is 17.9 Å². The molecule has 1 aliphatic heterocycles. The maximum Gasteiger partial charge on any atom is 0.241 e. The van der Waals surface area contributed by atoms with Crippen molar-refractivity contribution in [2.75, 3.05) is 19.8 Å². The van der Waals surface area contributed by atoms with Crippen LogP contribution in [0.15, 0.2) is 17.5 Å². The summed E-state index contributed by atoms with van der Waals surface area (Å²) in [5, 5.41) is 5.54. The van der Waals surface area contributed by atoms with Crippen LogP contribution in [0.2, 0.25) is 0 Å². The summed E-state index contributed by atoms with van der Waals surface area (Å²) in [5.74, 6) is 0.525. The van der Waals surface area contributed by atoms with E-state index in [0.29, 0.717) is 12.5 Å². The lowest BCUT2D eigenvalue weighted by molar-refractivity contribution is -0.131. The number of rotatable bonds is 7. The van der Waals surface area contributed by atoms with Gasteiger partial charge in [0.15, 0.2) is 0 Å². The molecule has 1 aromatic heterocycles. The largest absolute Gasteiger partial charge is 0.382 e. The van der Waals surface area contributed by atoms with Crippen molar-refractivity contribution in [3.8, 4) is 0 Å². The minimum Gasteiger partial charge on any atom is -0.382 e. The maximum absolute atomic E-state index is 12.5. The van der Waals surface area contributed by atoms with Gasteiger partial charge in [-0.2, -0.15) is 0 Å². The van der Waals surface area contributed by atoms with Crippen LogP contribution in [0.4, 0.5) is 0 Å². The molecule has 4 nitrogen and oxygen atoms in total. The van der Waals surface area contributed by atoms with E-state index in [4.69, 9.17) is 4.74 Å². The monoisotopic (exact) mass is 296 g/mol. The molecule has 112 valence electrons. The van der Waals surface area contributed by atoms with Crippen molar-refractivity contribution >= 4 is 17.2 Å². The Kier molecular flexibility index (Phi) is 5.57. The predicted octanol–water partition coefficient (Wildman–Crippen LogP) is 2.63. The van der Waals surface area contributed by atoms with Crippen molar-refractivity contribution in [1.82, 2.24) is 10.2 Å². The molecule has 1 saturated heterocycles. The van der Waals surface area contributed by atoms with E-state index in [0.717, 1.165) is 19.6 Å². The van der Waals surface area contributed by atoms with Gasteiger partial charge < -0.3 is 9.64 Å². The normalized spacial score (nSPS) is 23.0. The van der Waals surface area contributed by atoms with Gasteiger partial charge in [-0.25, -0.2) is 0 Å². The molecule has 0 saturated carbocycles. The highest BCUT2D eigenvalue weighted by atomic mass is 32.1. The molecule has 1 amide bonds. The number of thiophene rings is 1. The molecule has 1 aromatic rings. The van der Waals surface area contributed by atoms with Gasteiger partial charge in [-0.15, -0.1) is 11.3 Å². The first-order valence-electron chi connectivity index (χ1n) is 7.32. The number of hydrogen-bond donors (Lipinski definition) is 1. The quantitative estimate of drug-likeness (QED) is 0.787. The first kappa shape index (κ1) is 15.5. The Labute approximate surface area is 125 Å². The third-order valence-electron chi connectivity index (χ3n) is 3.57. The van der Waals surface area contributed by atoms with Crippen LogP contribution >= 0.6 is 11.3 Å². The topological polar surface area (TPSA) is 41.6 Å². The van der Waals surface area contributed by atoms with Gasteiger partial charge in [-0.3, -0.25) is 10.1 Å². The number of ether oxygens (including phenoxy) is 1. The number of amides is 1. The van der Waals surface area contributed by atoms with Gasteiger partial charge in [-0.05, 0) is 30.7 Å². The first-order valence-corrected chi connectivity index (χ1v) is 8.20. The smallest absolute Gasteiger partial charge is 0.241 e. The summed E-state index contributed by atoms with van der Waals surface area (Å²) >= 11 is 1.70. The fourth-order valence-electron chi connectivity index (χ4n) is 2.52. The SMILES string of the molecule is CCOCCCN1C(=O)C(C(C)C)NC1c1cccs1. The Hall–Kier alpha value is -0.910. The van der Waals surface area contributed by atoms with Crippen LogP contribution < -0.4 is 5.32 Å². The van der Waals surface area contributed by atoms with Crippen LogP contribution in [0, 0.1) is 5.92 Å². The standard InChI is InChI=1S/C15H24N2O2S/c1-4-19-9-6-8-17-14(12-7-5-10-20-12)16-13(11(2)3)15(17)18/h5,7,10-11,13-14,16H,4,6,8-9H2,1-3H3. The second kappa shape index (κ2) is 7.20. The van der Waals surface area contributed by atoms with Crippen LogP contribution in [-0.4, -0.2) is 36.6 Å². The summed E-state index contributed by atoms with van der Waals surface area (Å²) < 4.78 is 5.37. The number of carbonyl (C=O) groups excluding carboxylic acids is 1. The van der Waals surface area contributed by atoms with Gasteiger partial charge >= 0.3 is 0 Å². The van der Waals surface area contributed by atoms with Crippen LogP contribution in [0.5, 0.6) is 0 Å². The number of hydrogen-bond acceptors (Lipinski definition) is 4. The highest BCUT2D eigenvalue weighted by molar-refractivity contribution is 7.10. The van der Waals surface area contributed by atoms with E-state index in [1.165, 1.54) is 4.88 Å². The lowest BCUT2D eigenvalue weighted by Gasteiger charge is -2.23. The highest BCUT2D eigenvalue weighted by Gasteiger charge is 2.40. The minimum absolute atomic E-state index is 0.0246. The fourth-order valence-corrected chi connectivity index (χ4v) is 3.31. The maximum atomic E-state index is 12.5. The van der Waals surface area contributed by atoms with Gasteiger partial charge in [0.25, 0.3) is 0 Å². The molecule has 0 aromatic carbocycles. The molecular formula is C15H24N2O2S. The van der Waals surface area contributed by atoms with Gasteiger partial charge in [0, 0.05) is 24.6 Å². The molecule has 2 rings (SSSR count). The van der Waals surface area contributed by atoms with E-state index in [9.17, 15) is 4.79 Å². The molecule has 1 fully saturated rings. The van der Waals surface area contributed by atoms with Crippen molar-refractivity contribution in [2.24, 2.45) is 5.92 Å². The van der Waals surface area contributed by atoms with E-state index < -0.39 is 0 Å². The third kappa shape index (κ3) is 3.40. The van der Waals surface area contributed by atoms with E-state index >= 15 is 0 Å². The molecule has 2 heterocycles. The molecule has 0 aliphatic carbocycles. The van der Waals surface area contributed by atoms with E-state index in [-0.39, 0.29) is 18.1 Å². The molecule has 1 N–H and O–H groups in total. The van der Waals surface area contributed by atoms with Gasteiger partial charge in [0.1, 0.15) is 6.17 Å². The second-order valence-electron chi connectivity index (χ2n) is 5.39. The number of nitrogens with zero attached hydrogens (tertiary/aromatic N) is 1. The minimum atomic E-state index is -0.0748.